The third kappa shape index (κ3) is 3.19. The molecule has 94 valence electrons. The van der Waals surface area contributed by atoms with Gasteiger partial charge in [0.2, 0.25) is 5.15 Å². The number of aromatic nitrogens is 1. The molecule has 0 aliphatic carbocycles. The number of anilines is 1. The Morgan fingerprint density at radius 1 is 1.59 bits per heavy atom. The van der Waals surface area contributed by atoms with E-state index < -0.39 is 28.0 Å². The van der Waals surface area contributed by atoms with Crippen molar-refractivity contribution in [1.82, 2.24) is 4.98 Å². The Balaban J connectivity index is 3.07. The molecule has 17 heavy (non-hydrogen) atoms. The van der Waals surface area contributed by atoms with Gasteiger partial charge in [-0.3, -0.25) is 10.1 Å². The van der Waals surface area contributed by atoms with Gasteiger partial charge in [-0.05, 0) is 13.0 Å². The number of nitrogens with zero attached hydrogens (tertiary/aromatic N) is 2. The molecule has 1 unspecified atom stereocenters. The number of alkyl halides is 3. The van der Waals surface area contributed by atoms with E-state index in [1.54, 1.807) is 0 Å². The predicted octanol–water partition coefficient (Wildman–Crippen LogP) is 3.01. The Hall–Kier alpha value is -1.57. The van der Waals surface area contributed by atoms with Crippen molar-refractivity contribution in [3.05, 3.63) is 27.5 Å². The molecule has 5 nitrogen and oxygen atoms in total. The third-order valence-electron chi connectivity index (χ3n) is 1.93. The number of nitrogens with one attached hydrogen (secondary N) is 1. The quantitative estimate of drug-likeness (QED) is 0.520. The lowest BCUT2D eigenvalue weighted by molar-refractivity contribution is -0.384. The number of pyridine rings is 1. The second kappa shape index (κ2) is 4.74. The maximum atomic E-state index is 12.3. The standard InChI is InChI=1S/C8H7ClF3N3O2/c1-4(8(10,11)12)14-5-2-3-13-7(9)6(5)15(16)17/h2-4H,1H3,(H,13,14). The van der Waals surface area contributed by atoms with E-state index in [1.165, 1.54) is 0 Å². The van der Waals surface area contributed by atoms with Crippen LogP contribution in [0, 0.1) is 10.1 Å². The highest BCUT2D eigenvalue weighted by atomic mass is 35.5. The summed E-state index contributed by atoms with van der Waals surface area (Å²) in [4.78, 5) is 13.2. The molecule has 1 N–H and O–H groups in total. The highest BCUT2D eigenvalue weighted by Crippen LogP contribution is 2.32. The van der Waals surface area contributed by atoms with Crippen molar-refractivity contribution in [3.63, 3.8) is 0 Å². The summed E-state index contributed by atoms with van der Waals surface area (Å²) in [7, 11) is 0. The Morgan fingerprint density at radius 3 is 2.65 bits per heavy atom. The Labute approximate surface area is 98.7 Å². The summed E-state index contributed by atoms with van der Waals surface area (Å²) in [6.45, 7) is 0.845. The molecule has 0 aliphatic rings. The molecule has 0 aromatic carbocycles. The van der Waals surface area contributed by atoms with Crippen LogP contribution in [0.2, 0.25) is 5.15 Å². The van der Waals surface area contributed by atoms with Crippen LogP contribution in [-0.4, -0.2) is 22.1 Å². The van der Waals surface area contributed by atoms with Crippen LogP contribution in [0.5, 0.6) is 0 Å². The molecule has 0 radical (unpaired) electrons. The summed E-state index contributed by atoms with van der Waals surface area (Å²) in [6, 6.07) is -0.869. The molecule has 0 spiro atoms. The maximum Gasteiger partial charge on any atom is 0.408 e. The molecular formula is C8H7ClF3N3O2. The van der Waals surface area contributed by atoms with E-state index in [2.05, 4.69) is 4.98 Å². The summed E-state index contributed by atoms with van der Waals surface area (Å²) in [5, 5.41) is 12.2. The Morgan fingerprint density at radius 2 is 2.18 bits per heavy atom. The number of nitro groups is 1. The zero-order valence-corrected chi connectivity index (χ0v) is 9.21. The van der Waals surface area contributed by atoms with Crippen molar-refractivity contribution < 1.29 is 18.1 Å². The van der Waals surface area contributed by atoms with E-state index in [0.29, 0.717) is 0 Å². The average molecular weight is 270 g/mol. The van der Waals surface area contributed by atoms with E-state index in [9.17, 15) is 23.3 Å². The summed E-state index contributed by atoms with van der Waals surface area (Å²) in [6.07, 6.45) is -3.43. The van der Waals surface area contributed by atoms with Gasteiger partial charge in [0.05, 0.1) is 4.92 Å². The minimum absolute atomic E-state index is 0.320. The van der Waals surface area contributed by atoms with Crippen LogP contribution in [0.25, 0.3) is 0 Å². The SMILES string of the molecule is CC(Nc1ccnc(Cl)c1[N+](=O)[O-])C(F)(F)F. The normalized spacial score (nSPS) is 13.2. The number of hydrogen-bond donors (Lipinski definition) is 1. The topological polar surface area (TPSA) is 68.1 Å². The van der Waals surface area contributed by atoms with Crippen LogP contribution < -0.4 is 5.32 Å². The minimum Gasteiger partial charge on any atom is -0.368 e. The molecule has 0 saturated carbocycles. The predicted molar refractivity (Wildman–Crippen MR) is 55.0 cm³/mol. The highest BCUT2D eigenvalue weighted by Gasteiger charge is 2.37. The van der Waals surface area contributed by atoms with Crippen LogP contribution in [0.4, 0.5) is 24.5 Å². The second-order valence-corrected chi connectivity index (χ2v) is 3.52. The van der Waals surface area contributed by atoms with Gasteiger partial charge in [0.25, 0.3) is 0 Å². The summed E-state index contributed by atoms with van der Waals surface area (Å²) < 4.78 is 36.9. The molecule has 1 rings (SSSR count). The number of rotatable bonds is 3. The van der Waals surface area contributed by atoms with Crippen LogP contribution in [0.1, 0.15) is 6.92 Å². The van der Waals surface area contributed by atoms with E-state index in [1.807, 2.05) is 5.32 Å². The van der Waals surface area contributed by atoms with Crippen LogP contribution in [0.3, 0.4) is 0 Å². The minimum atomic E-state index is -4.51. The lowest BCUT2D eigenvalue weighted by Crippen LogP contribution is -2.33. The molecule has 0 bridgehead atoms. The molecule has 0 amide bonds. The average Bonchev–Trinajstić information content (AvgIpc) is 2.15. The van der Waals surface area contributed by atoms with Gasteiger partial charge in [0, 0.05) is 6.20 Å². The molecule has 1 atom stereocenters. The van der Waals surface area contributed by atoms with E-state index in [0.717, 1.165) is 19.2 Å². The molecule has 0 aliphatic heterocycles. The van der Waals surface area contributed by atoms with Crippen molar-refractivity contribution in [2.75, 3.05) is 5.32 Å². The van der Waals surface area contributed by atoms with E-state index >= 15 is 0 Å². The van der Waals surface area contributed by atoms with Crippen LogP contribution in [0.15, 0.2) is 12.3 Å². The Kier molecular flexibility index (Phi) is 3.76. The highest BCUT2D eigenvalue weighted by molar-refractivity contribution is 6.32. The first-order valence-corrected chi connectivity index (χ1v) is 4.73. The van der Waals surface area contributed by atoms with Crippen molar-refractivity contribution in [2.45, 2.75) is 19.1 Å². The lowest BCUT2D eigenvalue weighted by Gasteiger charge is -2.18. The van der Waals surface area contributed by atoms with Gasteiger partial charge in [-0.15, -0.1) is 0 Å². The van der Waals surface area contributed by atoms with Gasteiger partial charge in [-0.1, -0.05) is 11.6 Å². The summed E-state index contributed by atoms with van der Waals surface area (Å²) in [5.74, 6) is 0. The smallest absolute Gasteiger partial charge is 0.368 e. The molecular weight excluding hydrogens is 263 g/mol. The first-order chi connectivity index (χ1) is 7.73. The lowest BCUT2D eigenvalue weighted by atomic mass is 10.2. The van der Waals surface area contributed by atoms with Gasteiger partial charge in [0.1, 0.15) is 11.7 Å². The number of hydrogen-bond acceptors (Lipinski definition) is 4. The molecule has 1 aromatic heterocycles. The van der Waals surface area contributed by atoms with E-state index in [-0.39, 0.29) is 5.69 Å². The fraction of sp³-hybridized carbons (Fsp3) is 0.375. The summed E-state index contributed by atoms with van der Waals surface area (Å²) >= 11 is 5.45. The van der Waals surface area contributed by atoms with Crippen molar-refractivity contribution >= 4 is 23.0 Å². The molecule has 0 saturated heterocycles. The molecule has 9 heteroatoms. The van der Waals surface area contributed by atoms with Gasteiger partial charge >= 0.3 is 11.9 Å². The zero-order chi connectivity index (χ0) is 13.2. The van der Waals surface area contributed by atoms with Crippen molar-refractivity contribution in [3.8, 4) is 0 Å². The largest absolute Gasteiger partial charge is 0.408 e. The fourth-order valence-electron chi connectivity index (χ4n) is 1.03. The van der Waals surface area contributed by atoms with Crippen LogP contribution >= 0.6 is 11.6 Å². The van der Waals surface area contributed by atoms with Gasteiger partial charge in [-0.2, -0.15) is 13.2 Å². The summed E-state index contributed by atoms with van der Waals surface area (Å²) in [5.41, 5.74) is -0.995. The van der Waals surface area contributed by atoms with E-state index in [4.69, 9.17) is 11.6 Å². The number of halogens is 4. The van der Waals surface area contributed by atoms with Crippen LogP contribution in [-0.2, 0) is 0 Å². The first kappa shape index (κ1) is 13.5. The monoisotopic (exact) mass is 269 g/mol. The third-order valence-corrected chi connectivity index (χ3v) is 2.20. The van der Waals surface area contributed by atoms with Gasteiger partial charge in [-0.25, -0.2) is 4.98 Å². The zero-order valence-electron chi connectivity index (χ0n) is 8.45. The van der Waals surface area contributed by atoms with Crippen molar-refractivity contribution in [1.29, 1.82) is 0 Å². The maximum absolute atomic E-state index is 12.3. The van der Waals surface area contributed by atoms with Gasteiger partial charge < -0.3 is 5.32 Å². The molecule has 0 fully saturated rings. The van der Waals surface area contributed by atoms with Gasteiger partial charge in [0.15, 0.2) is 0 Å². The van der Waals surface area contributed by atoms with Crippen molar-refractivity contribution in [2.24, 2.45) is 0 Å². The first-order valence-electron chi connectivity index (χ1n) is 4.35. The molecule has 1 heterocycles. The fourth-order valence-corrected chi connectivity index (χ4v) is 1.26. The second-order valence-electron chi connectivity index (χ2n) is 3.16. The Bertz CT molecular complexity index is 439. The molecule has 1 aromatic rings.